The van der Waals surface area contributed by atoms with Gasteiger partial charge in [-0.2, -0.15) is 20.1 Å². The standard InChI is InChI=1S/C31H24F2N8S/c32-22-11-15-24(16-12-22)34-28-36-29(35-25-17-13-23(33)14-18-25)38-30(37-28)39-31(42)41-27(21-9-5-2-6-10-21)19-26(40-41)20-7-3-1-4-8-20/h1-18,27H,19H2,(H3,34,35,36,37,38,39,42). The molecule has 1 unspecified atom stereocenters. The number of hydrazone groups is 1. The summed E-state index contributed by atoms with van der Waals surface area (Å²) < 4.78 is 26.9. The SMILES string of the molecule is Fc1ccc(Nc2nc(NC(=S)N3N=C(c4ccccc4)CC3c3ccccc3)nc(Nc3ccc(F)cc3)n2)cc1. The van der Waals surface area contributed by atoms with Crippen molar-refractivity contribution in [1.29, 1.82) is 0 Å². The van der Waals surface area contributed by atoms with Gasteiger partial charge in [-0.25, -0.2) is 13.8 Å². The third-order valence-electron chi connectivity index (χ3n) is 6.46. The van der Waals surface area contributed by atoms with Gasteiger partial charge in [-0.05, 0) is 71.9 Å². The molecule has 208 valence electrons. The fourth-order valence-electron chi connectivity index (χ4n) is 4.46. The number of rotatable bonds is 7. The first-order valence-electron chi connectivity index (χ1n) is 13.1. The smallest absolute Gasteiger partial charge is 0.235 e. The van der Waals surface area contributed by atoms with Crippen LogP contribution in [0.15, 0.2) is 114 Å². The van der Waals surface area contributed by atoms with Gasteiger partial charge in [-0.15, -0.1) is 0 Å². The molecule has 3 N–H and O–H groups in total. The molecule has 1 atom stereocenters. The van der Waals surface area contributed by atoms with Crippen molar-refractivity contribution in [2.75, 3.05) is 16.0 Å². The Balaban J connectivity index is 1.31. The molecule has 0 amide bonds. The van der Waals surface area contributed by atoms with Crippen molar-refractivity contribution in [3.63, 3.8) is 0 Å². The van der Waals surface area contributed by atoms with E-state index in [-0.39, 0.29) is 35.5 Å². The number of anilines is 5. The van der Waals surface area contributed by atoms with Crippen molar-refractivity contribution in [3.05, 3.63) is 132 Å². The Bertz CT molecular complexity index is 1650. The van der Waals surface area contributed by atoms with Crippen molar-refractivity contribution >= 4 is 52.3 Å². The minimum Gasteiger partial charge on any atom is -0.324 e. The van der Waals surface area contributed by atoms with Crippen LogP contribution in [0, 0.1) is 11.6 Å². The van der Waals surface area contributed by atoms with Crippen molar-refractivity contribution in [2.24, 2.45) is 5.10 Å². The Hall–Kier alpha value is -5.29. The highest BCUT2D eigenvalue weighted by atomic mass is 32.1. The monoisotopic (exact) mass is 578 g/mol. The normalized spacial score (nSPS) is 14.3. The van der Waals surface area contributed by atoms with E-state index in [2.05, 4.69) is 30.9 Å². The molecule has 0 radical (unpaired) electrons. The van der Waals surface area contributed by atoms with Gasteiger partial charge in [0.2, 0.25) is 17.8 Å². The van der Waals surface area contributed by atoms with E-state index in [1.54, 1.807) is 29.3 Å². The highest BCUT2D eigenvalue weighted by Crippen LogP contribution is 2.33. The lowest BCUT2D eigenvalue weighted by molar-refractivity contribution is 0.375. The fourth-order valence-corrected chi connectivity index (χ4v) is 4.72. The van der Waals surface area contributed by atoms with Crippen LogP contribution in [0.2, 0.25) is 0 Å². The van der Waals surface area contributed by atoms with Gasteiger partial charge >= 0.3 is 0 Å². The lowest BCUT2D eigenvalue weighted by Gasteiger charge is -2.24. The molecule has 8 nitrogen and oxygen atoms in total. The second-order valence-corrected chi connectivity index (χ2v) is 9.77. The van der Waals surface area contributed by atoms with Crippen LogP contribution in [0.5, 0.6) is 0 Å². The maximum Gasteiger partial charge on any atom is 0.235 e. The number of thiocarbonyl (C=S) groups is 1. The van der Waals surface area contributed by atoms with E-state index >= 15 is 0 Å². The van der Waals surface area contributed by atoms with Crippen LogP contribution in [0.25, 0.3) is 0 Å². The Labute approximate surface area is 246 Å². The summed E-state index contributed by atoms with van der Waals surface area (Å²) in [6.07, 6.45) is 0.655. The van der Waals surface area contributed by atoms with E-state index in [0.717, 1.165) is 16.8 Å². The topological polar surface area (TPSA) is 90.4 Å². The van der Waals surface area contributed by atoms with Crippen molar-refractivity contribution in [3.8, 4) is 0 Å². The lowest BCUT2D eigenvalue weighted by Crippen LogP contribution is -2.32. The largest absolute Gasteiger partial charge is 0.324 e. The maximum atomic E-state index is 13.5. The summed E-state index contributed by atoms with van der Waals surface area (Å²) in [6.45, 7) is 0. The Morgan fingerprint density at radius 1 is 0.667 bits per heavy atom. The van der Waals surface area contributed by atoms with Crippen LogP contribution in [0.4, 0.5) is 38.0 Å². The summed E-state index contributed by atoms with van der Waals surface area (Å²) in [5.74, 6) is -0.213. The highest BCUT2D eigenvalue weighted by Gasteiger charge is 2.31. The zero-order valence-electron chi connectivity index (χ0n) is 22.1. The second-order valence-electron chi connectivity index (χ2n) is 9.39. The van der Waals surface area contributed by atoms with Gasteiger partial charge in [0.15, 0.2) is 5.11 Å². The fraction of sp³-hybridized carbons (Fsp3) is 0.0645. The number of aromatic nitrogens is 3. The Morgan fingerprint density at radius 2 is 1.17 bits per heavy atom. The third-order valence-corrected chi connectivity index (χ3v) is 6.75. The first-order valence-corrected chi connectivity index (χ1v) is 13.5. The van der Waals surface area contributed by atoms with Gasteiger partial charge in [0.1, 0.15) is 11.6 Å². The minimum atomic E-state index is -0.364. The van der Waals surface area contributed by atoms with Crippen LogP contribution in [0.3, 0.4) is 0 Å². The lowest BCUT2D eigenvalue weighted by atomic mass is 9.99. The summed E-state index contributed by atoms with van der Waals surface area (Å²) in [7, 11) is 0. The summed E-state index contributed by atoms with van der Waals surface area (Å²) in [4.78, 5) is 13.4. The minimum absolute atomic E-state index is 0.142. The van der Waals surface area contributed by atoms with Crippen molar-refractivity contribution in [2.45, 2.75) is 12.5 Å². The van der Waals surface area contributed by atoms with Crippen LogP contribution < -0.4 is 16.0 Å². The number of hydrogen-bond acceptors (Lipinski definition) is 7. The van der Waals surface area contributed by atoms with Gasteiger partial charge in [-0.3, -0.25) is 5.32 Å². The molecular weight excluding hydrogens is 554 g/mol. The van der Waals surface area contributed by atoms with Gasteiger partial charge in [-0.1, -0.05) is 60.7 Å². The van der Waals surface area contributed by atoms with E-state index < -0.39 is 0 Å². The molecular formula is C31H24F2N8S. The summed E-state index contributed by atoms with van der Waals surface area (Å²) in [5.41, 5.74) is 4.13. The van der Waals surface area contributed by atoms with Crippen LogP contribution in [0.1, 0.15) is 23.6 Å². The predicted molar refractivity (Wildman–Crippen MR) is 164 cm³/mol. The predicted octanol–water partition coefficient (Wildman–Crippen LogP) is 7.19. The Morgan fingerprint density at radius 3 is 1.71 bits per heavy atom. The van der Waals surface area contributed by atoms with E-state index in [9.17, 15) is 8.78 Å². The van der Waals surface area contributed by atoms with E-state index in [0.29, 0.717) is 22.9 Å². The molecule has 0 spiro atoms. The molecule has 0 saturated carbocycles. The number of benzene rings is 4. The number of halogens is 2. The molecule has 42 heavy (non-hydrogen) atoms. The molecule has 0 aliphatic carbocycles. The number of nitrogens with zero attached hydrogens (tertiary/aromatic N) is 5. The Kier molecular flexibility index (Phi) is 7.73. The van der Waals surface area contributed by atoms with E-state index in [4.69, 9.17) is 17.3 Å². The molecule has 6 rings (SSSR count). The maximum absolute atomic E-state index is 13.5. The summed E-state index contributed by atoms with van der Waals surface area (Å²) in [6, 6.07) is 31.4. The molecule has 1 aliphatic heterocycles. The van der Waals surface area contributed by atoms with Gasteiger partial charge in [0.05, 0.1) is 11.8 Å². The van der Waals surface area contributed by atoms with Crippen LogP contribution >= 0.6 is 12.2 Å². The second kappa shape index (κ2) is 12.1. The summed E-state index contributed by atoms with van der Waals surface area (Å²) in [5, 5.41) is 16.2. The first kappa shape index (κ1) is 26.9. The molecule has 1 aromatic heterocycles. The third kappa shape index (κ3) is 6.37. The zero-order valence-corrected chi connectivity index (χ0v) is 22.9. The molecule has 2 heterocycles. The molecule has 1 aliphatic rings. The molecule has 5 aromatic rings. The van der Waals surface area contributed by atoms with E-state index in [1.165, 1.54) is 24.3 Å². The number of hydrogen-bond donors (Lipinski definition) is 3. The molecule has 0 saturated heterocycles. The quantitative estimate of drug-likeness (QED) is 0.175. The van der Waals surface area contributed by atoms with Gasteiger partial charge in [0, 0.05) is 17.8 Å². The zero-order chi connectivity index (χ0) is 28.9. The molecule has 4 aromatic carbocycles. The average molecular weight is 579 g/mol. The van der Waals surface area contributed by atoms with Crippen LogP contribution in [-0.2, 0) is 0 Å². The molecule has 11 heteroatoms. The highest BCUT2D eigenvalue weighted by molar-refractivity contribution is 7.80. The van der Waals surface area contributed by atoms with Gasteiger partial charge < -0.3 is 10.6 Å². The molecule has 0 fully saturated rings. The van der Waals surface area contributed by atoms with Crippen molar-refractivity contribution in [1.82, 2.24) is 20.0 Å². The van der Waals surface area contributed by atoms with Crippen LogP contribution in [-0.4, -0.2) is 30.8 Å². The average Bonchev–Trinajstić information content (AvgIpc) is 3.46. The molecule has 0 bridgehead atoms. The van der Waals surface area contributed by atoms with Gasteiger partial charge in [0.25, 0.3) is 0 Å². The van der Waals surface area contributed by atoms with Crippen molar-refractivity contribution < 1.29 is 8.78 Å². The van der Waals surface area contributed by atoms with E-state index in [1.807, 2.05) is 60.7 Å². The number of nitrogens with one attached hydrogen (secondary N) is 3. The first-order chi connectivity index (χ1) is 20.5. The summed E-state index contributed by atoms with van der Waals surface area (Å²) >= 11 is 5.83.